The highest BCUT2D eigenvalue weighted by molar-refractivity contribution is 5.85. The first-order valence-electron chi connectivity index (χ1n) is 8.22. The number of fused-ring (bicyclic) bond motifs is 1. The standard InChI is InChI=1S/C17H24N4O2.ClH/c1-20-13-6-2-3-7-14(13)21(16(20)23)11-8-15(22)19-17(12-18)9-4-5-10-17;/h2-3,6-7H,4-5,8-12,18H2,1H3,(H,19,22);1H. The predicted octanol–water partition coefficient (Wildman–Crippen LogP) is 1.54. The Morgan fingerprint density at radius 3 is 2.50 bits per heavy atom. The number of hydrogen-bond acceptors (Lipinski definition) is 3. The highest BCUT2D eigenvalue weighted by atomic mass is 35.5. The summed E-state index contributed by atoms with van der Waals surface area (Å²) in [5, 5.41) is 3.10. The molecule has 0 radical (unpaired) electrons. The SMILES string of the molecule is Cl.Cn1c(=O)n(CCC(=O)NC2(CN)CCCC2)c2ccccc21. The molecule has 7 heteroatoms. The lowest BCUT2D eigenvalue weighted by atomic mass is 9.97. The molecule has 1 amide bonds. The molecule has 1 aromatic carbocycles. The second-order valence-electron chi connectivity index (χ2n) is 6.47. The van der Waals surface area contributed by atoms with Crippen molar-refractivity contribution >= 4 is 29.3 Å². The molecule has 0 saturated heterocycles. The number of aromatic nitrogens is 2. The number of rotatable bonds is 5. The maximum atomic E-state index is 12.3. The van der Waals surface area contributed by atoms with Crippen LogP contribution in [-0.4, -0.2) is 27.1 Å². The zero-order valence-corrected chi connectivity index (χ0v) is 14.8. The monoisotopic (exact) mass is 352 g/mol. The first-order chi connectivity index (χ1) is 11.1. The van der Waals surface area contributed by atoms with Crippen LogP contribution in [0.15, 0.2) is 29.1 Å². The Hall–Kier alpha value is -1.79. The minimum Gasteiger partial charge on any atom is -0.349 e. The van der Waals surface area contributed by atoms with Crippen LogP contribution in [-0.2, 0) is 18.4 Å². The molecule has 3 rings (SSSR count). The van der Waals surface area contributed by atoms with Gasteiger partial charge in [0.05, 0.1) is 16.6 Å². The molecule has 0 aliphatic heterocycles. The summed E-state index contributed by atoms with van der Waals surface area (Å²) < 4.78 is 3.28. The third-order valence-electron chi connectivity index (χ3n) is 4.97. The molecule has 6 nitrogen and oxygen atoms in total. The van der Waals surface area contributed by atoms with Gasteiger partial charge in [0.2, 0.25) is 5.91 Å². The lowest BCUT2D eigenvalue weighted by molar-refractivity contribution is -0.123. The van der Waals surface area contributed by atoms with Gasteiger partial charge in [0.25, 0.3) is 0 Å². The molecule has 1 heterocycles. The van der Waals surface area contributed by atoms with Crippen LogP contribution in [0.4, 0.5) is 0 Å². The van der Waals surface area contributed by atoms with E-state index in [1.54, 1.807) is 16.2 Å². The highest BCUT2D eigenvalue weighted by Crippen LogP contribution is 2.28. The molecule has 132 valence electrons. The van der Waals surface area contributed by atoms with Gasteiger partial charge in [-0.3, -0.25) is 13.9 Å². The number of nitrogens with one attached hydrogen (secondary N) is 1. The molecule has 0 bridgehead atoms. The number of amides is 1. The third-order valence-corrected chi connectivity index (χ3v) is 4.97. The Balaban J connectivity index is 0.00000208. The number of halogens is 1. The van der Waals surface area contributed by atoms with Gasteiger partial charge in [-0.15, -0.1) is 12.4 Å². The van der Waals surface area contributed by atoms with Gasteiger partial charge in [-0.25, -0.2) is 4.79 Å². The Morgan fingerprint density at radius 2 is 1.88 bits per heavy atom. The van der Waals surface area contributed by atoms with E-state index in [1.807, 2.05) is 24.3 Å². The minimum atomic E-state index is -0.235. The number of imidazole rings is 1. The van der Waals surface area contributed by atoms with Crippen molar-refractivity contribution in [2.24, 2.45) is 12.8 Å². The van der Waals surface area contributed by atoms with Gasteiger partial charge in [-0.05, 0) is 25.0 Å². The van der Waals surface area contributed by atoms with Crippen LogP contribution in [0.25, 0.3) is 11.0 Å². The molecule has 2 aromatic rings. The minimum absolute atomic E-state index is 0. The van der Waals surface area contributed by atoms with Crippen molar-refractivity contribution in [1.82, 2.24) is 14.5 Å². The fraction of sp³-hybridized carbons (Fsp3) is 0.529. The van der Waals surface area contributed by atoms with E-state index in [9.17, 15) is 9.59 Å². The number of aryl methyl sites for hydroxylation is 2. The summed E-state index contributed by atoms with van der Waals surface area (Å²) in [5.74, 6) is -0.0304. The largest absolute Gasteiger partial charge is 0.349 e. The summed E-state index contributed by atoms with van der Waals surface area (Å²) in [6, 6.07) is 7.63. The number of para-hydroxylation sites is 2. The molecule has 1 aliphatic rings. The van der Waals surface area contributed by atoms with Crippen molar-refractivity contribution < 1.29 is 4.79 Å². The van der Waals surface area contributed by atoms with Crippen LogP contribution >= 0.6 is 12.4 Å². The average molecular weight is 353 g/mol. The van der Waals surface area contributed by atoms with E-state index in [4.69, 9.17) is 5.73 Å². The number of carbonyl (C=O) groups excluding carboxylic acids is 1. The van der Waals surface area contributed by atoms with E-state index >= 15 is 0 Å². The van der Waals surface area contributed by atoms with Crippen LogP contribution in [0.5, 0.6) is 0 Å². The average Bonchev–Trinajstić information content (AvgIpc) is 3.11. The van der Waals surface area contributed by atoms with Crippen LogP contribution in [0.3, 0.4) is 0 Å². The Morgan fingerprint density at radius 1 is 1.25 bits per heavy atom. The lowest BCUT2D eigenvalue weighted by Crippen LogP contribution is -2.51. The highest BCUT2D eigenvalue weighted by Gasteiger charge is 2.33. The zero-order valence-electron chi connectivity index (χ0n) is 14.0. The van der Waals surface area contributed by atoms with Crippen LogP contribution in [0.2, 0.25) is 0 Å². The van der Waals surface area contributed by atoms with Gasteiger partial charge in [-0.2, -0.15) is 0 Å². The van der Waals surface area contributed by atoms with Gasteiger partial charge >= 0.3 is 5.69 Å². The van der Waals surface area contributed by atoms with E-state index in [2.05, 4.69) is 5.32 Å². The third kappa shape index (κ3) is 3.35. The fourth-order valence-corrected chi connectivity index (χ4v) is 3.58. The van der Waals surface area contributed by atoms with E-state index in [1.165, 1.54) is 0 Å². The molecule has 1 aromatic heterocycles. The molecule has 24 heavy (non-hydrogen) atoms. The maximum Gasteiger partial charge on any atom is 0.328 e. The van der Waals surface area contributed by atoms with Gasteiger partial charge in [0, 0.05) is 26.6 Å². The summed E-state index contributed by atoms with van der Waals surface area (Å²) in [5.41, 5.74) is 7.27. The number of hydrogen-bond donors (Lipinski definition) is 2. The predicted molar refractivity (Wildman–Crippen MR) is 97.4 cm³/mol. The van der Waals surface area contributed by atoms with Crippen molar-refractivity contribution in [3.63, 3.8) is 0 Å². The first kappa shape index (κ1) is 18.5. The van der Waals surface area contributed by atoms with E-state index < -0.39 is 0 Å². The molecule has 1 aliphatic carbocycles. The molecule has 3 N–H and O–H groups in total. The van der Waals surface area contributed by atoms with Crippen LogP contribution in [0.1, 0.15) is 32.1 Å². The molecular weight excluding hydrogens is 328 g/mol. The van der Waals surface area contributed by atoms with E-state index in [-0.39, 0.29) is 36.0 Å². The van der Waals surface area contributed by atoms with Crippen molar-refractivity contribution in [2.75, 3.05) is 6.54 Å². The van der Waals surface area contributed by atoms with Gasteiger partial charge < -0.3 is 11.1 Å². The number of nitrogens with zero attached hydrogens (tertiary/aromatic N) is 2. The normalized spacial score (nSPS) is 16.1. The van der Waals surface area contributed by atoms with Gasteiger partial charge in [0.15, 0.2) is 0 Å². The first-order valence-corrected chi connectivity index (χ1v) is 8.22. The lowest BCUT2D eigenvalue weighted by Gasteiger charge is -2.28. The second kappa shape index (κ2) is 7.40. The Bertz CT molecular complexity index is 774. The van der Waals surface area contributed by atoms with Crippen LogP contribution < -0.4 is 16.7 Å². The molecule has 0 spiro atoms. The van der Waals surface area contributed by atoms with Gasteiger partial charge in [0.1, 0.15) is 0 Å². The fourth-order valence-electron chi connectivity index (χ4n) is 3.58. The van der Waals surface area contributed by atoms with Gasteiger partial charge in [-0.1, -0.05) is 25.0 Å². The molecule has 0 unspecified atom stereocenters. The summed E-state index contributed by atoms with van der Waals surface area (Å²) in [6.07, 6.45) is 4.41. The number of carbonyl (C=O) groups is 1. The molecular formula is C17H25ClN4O2. The summed E-state index contributed by atoms with van der Waals surface area (Å²) in [7, 11) is 1.75. The Labute approximate surface area is 147 Å². The summed E-state index contributed by atoms with van der Waals surface area (Å²) in [4.78, 5) is 24.6. The van der Waals surface area contributed by atoms with Crippen molar-refractivity contribution in [1.29, 1.82) is 0 Å². The summed E-state index contributed by atoms with van der Waals surface area (Å²) >= 11 is 0. The van der Waals surface area contributed by atoms with Crippen molar-refractivity contribution in [3.05, 3.63) is 34.7 Å². The zero-order chi connectivity index (χ0) is 16.4. The topological polar surface area (TPSA) is 82.0 Å². The quantitative estimate of drug-likeness (QED) is 0.856. The second-order valence-corrected chi connectivity index (χ2v) is 6.47. The maximum absolute atomic E-state index is 12.3. The Kier molecular flexibility index (Phi) is 5.72. The van der Waals surface area contributed by atoms with Crippen molar-refractivity contribution in [2.45, 2.75) is 44.2 Å². The van der Waals surface area contributed by atoms with Crippen LogP contribution in [0, 0.1) is 0 Å². The van der Waals surface area contributed by atoms with E-state index in [0.717, 1.165) is 36.7 Å². The smallest absolute Gasteiger partial charge is 0.328 e. The number of benzene rings is 1. The molecule has 1 fully saturated rings. The van der Waals surface area contributed by atoms with E-state index in [0.29, 0.717) is 13.1 Å². The number of nitrogens with two attached hydrogens (primary N) is 1. The summed E-state index contributed by atoms with van der Waals surface area (Å²) in [6.45, 7) is 0.861. The molecule has 0 atom stereocenters. The van der Waals surface area contributed by atoms with Crippen molar-refractivity contribution in [3.8, 4) is 0 Å². The molecule has 1 saturated carbocycles.